The second-order valence-corrected chi connectivity index (χ2v) is 4.96. The maximum atomic E-state index is 10.3. The van der Waals surface area contributed by atoms with E-state index in [-0.39, 0.29) is 0 Å². The first-order valence-corrected chi connectivity index (χ1v) is 6.28. The summed E-state index contributed by atoms with van der Waals surface area (Å²) in [5, 5.41) is 10.3. The Kier molecular flexibility index (Phi) is 3.78. The van der Waals surface area contributed by atoms with Gasteiger partial charge in [-0.3, -0.25) is 4.98 Å². The van der Waals surface area contributed by atoms with E-state index in [1.165, 1.54) is 5.56 Å². The third-order valence-corrected chi connectivity index (χ3v) is 3.17. The van der Waals surface area contributed by atoms with Gasteiger partial charge in [0, 0.05) is 17.5 Å². The fourth-order valence-electron chi connectivity index (χ4n) is 1.90. The van der Waals surface area contributed by atoms with Gasteiger partial charge in [-0.1, -0.05) is 44.2 Å². The van der Waals surface area contributed by atoms with Crippen LogP contribution >= 0.6 is 0 Å². The summed E-state index contributed by atoms with van der Waals surface area (Å²) >= 11 is 0. The van der Waals surface area contributed by atoms with E-state index >= 15 is 0 Å². The van der Waals surface area contributed by atoms with Gasteiger partial charge in [0.1, 0.15) is 6.10 Å². The van der Waals surface area contributed by atoms with Gasteiger partial charge in [0.2, 0.25) is 0 Å². The molecule has 0 saturated carbocycles. The average Bonchev–Trinajstić information content (AvgIpc) is 2.39. The van der Waals surface area contributed by atoms with E-state index in [1.807, 2.05) is 31.2 Å². The molecule has 1 unspecified atom stereocenters. The van der Waals surface area contributed by atoms with E-state index in [9.17, 15) is 5.11 Å². The van der Waals surface area contributed by atoms with Crippen molar-refractivity contribution in [2.75, 3.05) is 0 Å². The van der Waals surface area contributed by atoms with E-state index in [1.54, 1.807) is 6.20 Å². The first-order valence-electron chi connectivity index (χ1n) is 6.28. The molecule has 0 aliphatic heterocycles. The van der Waals surface area contributed by atoms with E-state index in [0.717, 1.165) is 16.8 Å². The Bertz CT molecular complexity index is 500. The third kappa shape index (κ3) is 2.77. The van der Waals surface area contributed by atoms with Gasteiger partial charge in [-0.2, -0.15) is 0 Å². The molecule has 2 aromatic rings. The lowest BCUT2D eigenvalue weighted by molar-refractivity contribution is 0.220. The fourth-order valence-corrected chi connectivity index (χ4v) is 1.90. The van der Waals surface area contributed by atoms with Crippen molar-refractivity contribution in [2.24, 2.45) is 0 Å². The number of hydrogen-bond acceptors (Lipinski definition) is 2. The lowest BCUT2D eigenvalue weighted by Gasteiger charge is -2.13. The number of aliphatic hydroxyl groups is 1. The third-order valence-electron chi connectivity index (χ3n) is 3.17. The van der Waals surface area contributed by atoms with Gasteiger partial charge in [-0.05, 0) is 30.0 Å². The minimum absolute atomic E-state index is 0.511. The Morgan fingerprint density at radius 3 is 1.94 bits per heavy atom. The van der Waals surface area contributed by atoms with E-state index in [2.05, 4.69) is 31.0 Å². The number of aryl methyl sites for hydroxylation is 1. The number of pyridine rings is 1. The van der Waals surface area contributed by atoms with Crippen LogP contribution in [0.15, 0.2) is 42.6 Å². The lowest BCUT2D eigenvalue weighted by Crippen LogP contribution is -2.01. The number of aliphatic hydroxyl groups excluding tert-OH is 1. The molecule has 0 spiro atoms. The lowest BCUT2D eigenvalue weighted by atomic mass is 9.98. The second kappa shape index (κ2) is 5.32. The predicted octanol–water partition coefficient (Wildman–Crippen LogP) is 3.60. The molecule has 1 N–H and O–H groups in total. The molecule has 0 fully saturated rings. The molecule has 1 atom stereocenters. The van der Waals surface area contributed by atoms with Crippen LogP contribution in [0.1, 0.15) is 48.3 Å². The Balaban J connectivity index is 2.23. The molecule has 2 rings (SSSR count). The summed E-state index contributed by atoms with van der Waals surface area (Å²) in [7, 11) is 0. The summed E-state index contributed by atoms with van der Waals surface area (Å²) in [6.45, 7) is 6.26. The van der Waals surface area contributed by atoms with Gasteiger partial charge in [0.15, 0.2) is 0 Å². The van der Waals surface area contributed by atoms with Crippen LogP contribution in [0, 0.1) is 6.92 Å². The number of rotatable bonds is 3. The molecule has 0 saturated heterocycles. The number of nitrogens with zero attached hydrogens (tertiary/aromatic N) is 1. The summed E-state index contributed by atoms with van der Waals surface area (Å²) in [5.74, 6) is 0.511. The molecule has 0 radical (unpaired) electrons. The van der Waals surface area contributed by atoms with Crippen LogP contribution in [0.2, 0.25) is 0 Å². The summed E-state index contributed by atoms with van der Waals surface area (Å²) in [4.78, 5) is 4.21. The average molecular weight is 241 g/mol. The smallest absolute Gasteiger partial charge is 0.106 e. The quantitative estimate of drug-likeness (QED) is 0.890. The van der Waals surface area contributed by atoms with Crippen molar-refractivity contribution in [3.63, 3.8) is 0 Å². The topological polar surface area (TPSA) is 33.1 Å². The minimum Gasteiger partial charge on any atom is -0.384 e. The highest BCUT2D eigenvalue weighted by molar-refractivity contribution is 5.32. The molecule has 2 heteroatoms. The molecular weight excluding hydrogens is 222 g/mol. The fraction of sp³-hybridized carbons (Fsp3) is 0.312. The van der Waals surface area contributed by atoms with Crippen molar-refractivity contribution in [2.45, 2.75) is 32.8 Å². The highest BCUT2D eigenvalue weighted by Crippen LogP contribution is 2.23. The molecule has 0 bridgehead atoms. The van der Waals surface area contributed by atoms with Gasteiger partial charge in [-0.15, -0.1) is 0 Å². The van der Waals surface area contributed by atoms with Crippen LogP contribution in [0.5, 0.6) is 0 Å². The Morgan fingerprint density at radius 1 is 0.889 bits per heavy atom. The van der Waals surface area contributed by atoms with Crippen LogP contribution in [0.4, 0.5) is 0 Å². The molecule has 1 heterocycles. The van der Waals surface area contributed by atoms with E-state index in [0.29, 0.717) is 5.92 Å². The van der Waals surface area contributed by atoms with Crippen molar-refractivity contribution in [1.82, 2.24) is 4.98 Å². The van der Waals surface area contributed by atoms with Crippen LogP contribution in [0.3, 0.4) is 0 Å². The molecule has 0 aliphatic carbocycles. The molecule has 1 aromatic heterocycles. The largest absolute Gasteiger partial charge is 0.384 e. The number of aromatic nitrogens is 1. The van der Waals surface area contributed by atoms with Crippen molar-refractivity contribution in [3.8, 4) is 0 Å². The predicted molar refractivity (Wildman–Crippen MR) is 73.6 cm³/mol. The van der Waals surface area contributed by atoms with Gasteiger partial charge in [0.25, 0.3) is 0 Å². The first kappa shape index (κ1) is 12.8. The Labute approximate surface area is 108 Å². The maximum Gasteiger partial charge on any atom is 0.106 e. The molecule has 0 aliphatic rings. The van der Waals surface area contributed by atoms with Gasteiger partial charge in [-0.25, -0.2) is 0 Å². The molecule has 0 amide bonds. The number of hydrogen-bond donors (Lipinski definition) is 1. The zero-order chi connectivity index (χ0) is 13.1. The van der Waals surface area contributed by atoms with Crippen LogP contribution in [-0.2, 0) is 0 Å². The number of benzene rings is 1. The van der Waals surface area contributed by atoms with Crippen LogP contribution < -0.4 is 0 Å². The van der Waals surface area contributed by atoms with Gasteiger partial charge >= 0.3 is 0 Å². The first-order chi connectivity index (χ1) is 8.58. The normalized spacial score (nSPS) is 12.7. The molecule has 94 valence electrons. The van der Waals surface area contributed by atoms with E-state index < -0.39 is 6.10 Å². The summed E-state index contributed by atoms with van der Waals surface area (Å²) in [5.41, 5.74) is 3.98. The van der Waals surface area contributed by atoms with Gasteiger partial charge in [0.05, 0.1) is 0 Å². The van der Waals surface area contributed by atoms with Crippen LogP contribution in [0.25, 0.3) is 0 Å². The molecule has 18 heavy (non-hydrogen) atoms. The van der Waals surface area contributed by atoms with Crippen molar-refractivity contribution in [1.29, 1.82) is 0 Å². The van der Waals surface area contributed by atoms with Crippen molar-refractivity contribution in [3.05, 3.63) is 65.0 Å². The Morgan fingerprint density at radius 2 is 1.44 bits per heavy atom. The molecular formula is C16H19NO. The minimum atomic E-state index is -0.598. The maximum absolute atomic E-state index is 10.3. The van der Waals surface area contributed by atoms with Crippen molar-refractivity contribution < 1.29 is 5.11 Å². The molecule has 2 nitrogen and oxygen atoms in total. The van der Waals surface area contributed by atoms with E-state index in [4.69, 9.17) is 0 Å². The zero-order valence-electron chi connectivity index (χ0n) is 11.1. The van der Waals surface area contributed by atoms with Crippen LogP contribution in [-0.4, -0.2) is 10.1 Å². The van der Waals surface area contributed by atoms with Crippen molar-refractivity contribution >= 4 is 0 Å². The second-order valence-electron chi connectivity index (χ2n) is 4.96. The Hall–Kier alpha value is -1.67. The molecule has 1 aromatic carbocycles. The summed E-state index contributed by atoms with van der Waals surface area (Å²) < 4.78 is 0. The van der Waals surface area contributed by atoms with Gasteiger partial charge < -0.3 is 5.11 Å². The highest BCUT2D eigenvalue weighted by atomic mass is 16.3. The summed E-state index contributed by atoms with van der Waals surface area (Å²) in [6.07, 6.45) is 1.13. The SMILES string of the molecule is Cc1ccc(C(O)c2ccc(C(C)C)cc2)cn1. The monoisotopic (exact) mass is 241 g/mol. The zero-order valence-corrected chi connectivity index (χ0v) is 11.1. The standard InChI is InChI=1S/C16H19NO/c1-11(2)13-6-8-14(9-7-13)16(18)15-5-4-12(3)17-10-15/h4-11,16,18H,1-3H3. The summed E-state index contributed by atoms with van der Waals surface area (Å²) in [6, 6.07) is 12.0. The highest BCUT2D eigenvalue weighted by Gasteiger charge is 2.10.